The summed E-state index contributed by atoms with van der Waals surface area (Å²) in [6.07, 6.45) is 9.06. The molecule has 8 nitrogen and oxygen atoms in total. The van der Waals surface area contributed by atoms with Gasteiger partial charge in [0.2, 0.25) is 11.8 Å². The standard InChI is InChI=1S/C24H35N5O3/c1-27(21(30)16-24-13-18(14-24)15-24)9-6-10-28(2)22(23(31)25-8-12-32-3)19-17-29-11-5-4-7-20(29)26-19/h4-5,7,11,17-18,22H,6,8-10,12-16H2,1-3H3,(H,25,31). The Morgan fingerprint density at radius 1 is 1.28 bits per heavy atom. The van der Waals surface area contributed by atoms with Gasteiger partial charge in [-0.05, 0) is 56.2 Å². The molecular formula is C24H35N5O3. The van der Waals surface area contributed by atoms with Crippen molar-refractivity contribution in [1.82, 2.24) is 24.5 Å². The number of pyridine rings is 1. The van der Waals surface area contributed by atoms with E-state index in [9.17, 15) is 9.59 Å². The number of amides is 2. The summed E-state index contributed by atoms with van der Waals surface area (Å²) in [5.74, 6) is 1.05. The fourth-order valence-corrected chi connectivity index (χ4v) is 5.16. The maximum absolute atomic E-state index is 13.0. The first-order valence-corrected chi connectivity index (χ1v) is 11.6. The van der Waals surface area contributed by atoms with Crippen LogP contribution in [0.25, 0.3) is 5.65 Å². The summed E-state index contributed by atoms with van der Waals surface area (Å²) in [6.45, 7) is 2.28. The second kappa shape index (κ2) is 9.58. The zero-order chi connectivity index (χ0) is 22.7. The van der Waals surface area contributed by atoms with Crippen LogP contribution in [0.4, 0.5) is 0 Å². The molecule has 3 aliphatic carbocycles. The molecule has 5 rings (SSSR count). The molecule has 32 heavy (non-hydrogen) atoms. The number of hydrogen-bond donors (Lipinski definition) is 1. The van der Waals surface area contributed by atoms with Gasteiger partial charge in [-0.25, -0.2) is 4.98 Å². The molecule has 3 fully saturated rings. The molecule has 0 aromatic carbocycles. The highest BCUT2D eigenvalue weighted by Gasteiger charge is 2.57. The van der Waals surface area contributed by atoms with Crippen LogP contribution in [0.1, 0.15) is 43.8 Å². The summed E-state index contributed by atoms with van der Waals surface area (Å²) in [7, 11) is 5.45. The number of fused-ring (bicyclic) bond motifs is 1. The molecule has 3 saturated carbocycles. The highest BCUT2D eigenvalue weighted by Crippen LogP contribution is 2.66. The number of nitrogens with zero attached hydrogens (tertiary/aromatic N) is 4. The maximum atomic E-state index is 13.0. The molecule has 3 aliphatic rings. The topological polar surface area (TPSA) is 79.2 Å². The van der Waals surface area contributed by atoms with E-state index in [0.29, 0.717) is 43.8 Å². The summed E-state index contributed by atoms with van der Waals surface area (Å²) >= 11 is 0. The van der Waals surface area contributed by atoms with Crippen molar-refractivity contribution >= 4 is 17.5 Å². The highest BCUT2D eigenvalue weighted by atomic mass is 16.5. The average Bonchev–Trinajstić information content (AvgIpc) is 3.13. The van der Waals surface area contributed by atoms with Crippen LogP contribution in [0.2, 0.25) is 0 Å². The molecule has 1 unspecified atom stereocenters. The van der Waals surface area contributed by atoms with Gasteiger partial charge in [0.1, 0.15) is 11.7 Å². The van der Waals surface area contributed by atoms with Crippen molar-refractivity contribution in [2.24, 2.45) is 11.3 Å². The smallest absolute Gasteiger partial charge is 0.243 e. The predicted molar refractivity (Wildman–Crippen MR) is 122 cm³/mol. The van der Waals surface area contributed by atoms with Crippen LogP contribution >= 0.6 is 0 Å². The SMILES string of the molecule is COCCNC(=O)C(c1cn2ccccc2n1)N(C)CCCN(C)C(=O)CC12CC(C1)C2. The van der Waals surface area contributed by atoms with E-state index in [1.54, 1.807) is 7.11 Å². The number of carbonyl (C=O) groups excluding carboxylic acids is 2. The Balaban J connectivity index is 1.35. The van der Waals surface area contributed by atoms with Crippen molar-refractivity contribution in [3.63, 3.8) is 0 Å². The van der Waals surface area contributed by atoms with E-state index in [0.717, 1.165) is 18.0 Å². The van der Waals surface area contributed by atoms with E-state index >= 15 is 0 Å². The third kappa shape index (κ3) is 4.81. The largest absolute Gasteiger partial charge is 0.383 e. The van der Waals surface area contributed by atoms with Gasteiger partial charge in [0.25, 0.3) is 0 Å². The number of nitrogens with one attached hydrogen (secondary N) is 1. The van der Waals surface area contributed by atoms with Crippen molar-refractivity contribution < 1.29 is 14.3 Å². The van der Waals surface area contributed by atoms with Gasteiger partial charge in [-0.3, -0.25) is 14.5 Å². The third-order valence-electron chi connectivity index (χ3n) is 7.08. The van der Waals surface area contributed by atoms with E-state index in [4.69, 9.17) is 4.74 Å². The Morgan fingerprint density at radius 3 is 2.72 bits per heavy atom. The number of aromatic nitrogens is 2. The Bertz CT molecular complexity index is 908. The molecule has 8 heteroatoms. The van der Waals surface area contributed by atoms with Gasteiger partial charge < -0.3 is 19.4 Å². The summed E-state index contributed by atoms with van der Waals surface area (Å²) in [4.78, 5) is 34.2. The minimum atomic E-state index is -0.506. The van der Waals surface area contributed by atoms with Gasteiger partial charge in [0.15, 0.2) is 0 Å². The summed E-state index contributed by atoms with van der Waals surface area (Å²) in [5, 5.41) is 2.95. The Labute approximate surface area is 189 Å². The van der Waals surface area contributed by atoms with Crippen molar-refractivity contribution in [2.75, 3.05) is 47.4 Å². The number of likely N-dealkylation sites (N-methyl/N-ethyl adjacent to an activating group) is 1. The maximum Gasteiger partial charge on any atom is 0.243 e. The number of hydrogen-bond acceptors (Lipinski definition) is 5. The lowest BCUT2D eigenvalue weighted by molar-refractivity contribution is -0.152. The van der Waals surface area contributed by atoms with E-state index in [2.05, 4.69) is 10.3 Å². The van der Waals surface area contributed by atoms with E-state index < -0.39 is 6.04 Å². The van der Waals surface area contributed by atoms with Crippen LogP contribution in [0.3, 0.4) is 0 Å². The van der Waals surface area contributed by atoms with Gasteiger partial charge in [-0.1, -0.05) is 6.07 Å². The number of imidazole rings is 1. The minimum Gasteiger partial charge on any atom is -0.383 e. The fraction of sp³-hybridized carbons (Fsp3) is 0.625. The van der Waals surface area contributed by atoms with Crippen LogP contribution in [0.15, 0.2) is 30.6 Å². The van der Waals surface area contributed by atoms with Crippen molar-refractivity contribution in [2.45, 2.75) is 38.1 Å². The molecular weight excluding hydrogens is 406 g/mol. The molecule has 0 radical (unpaired) electrons. The molecule has 2 amide bonds. The molecule has 1 atom stereocenters. The predicted octanol–water partition coefficient (Wildman–Crippen LogP) is 2.11. The summed E-state index contributed by atoms with van der Waals surface area (Å²) in [5.41, 5.74) is 1.85. The van der Waals surface area contributed by atoms with Crippen LogP contribution in [0.5, 0.6) is 0 Å². The molecule has 174 valence electrons. The van der Waals surface area contributed by atoms with Gasteiger partial charge >= 0.3 is 0 Å². The van der Waals surface area contributed by atoms with Gasteiger partial charge in [0, 0.05) is 52.6 Å². The molecule has 2 aromatic rings. The lowest BCUT2D eigenvalue weighted by atomic mass is 9.43. The monoisotopic (exact) mass is 441 g/mol. The van der Waals surface area contributed by atoms with Crippen LogP contribution < -0.4 is 5.32 Å². The third-order valence-corrected chi connectivity index (χ3v) is 7.08. The molecule has 1 N–H and O–H groups in total. The lowest BCUT2D eigenvalue weighted by Crippen LogP contribution is -2.53. The zero-order valence-electron chi connectivity index (χ0n) is 19.4. The highest BCUT2D eigenvalue weighted by molar-refractivity contribution is 5.83. The molecule has 2 bridgehead atoms. The minimum absolute atomic E-state index is 0.0963. The second-order valence-corrected chi connectivity index (χ2v) is 9.62. The zero-order valence-corrected chi connectivity index (χ0v) is 19.4. The average molecular weight is 442 g/mol. The molecule has 0 aliphatic heterocycles. The van der Waals surface area contributed by atoms with Crippen LogP contribution in [-0.4, -0.2) is 78.4 Å². The number of methoxy groups -OCH3 is 1. The number of carbonyl (C=O) groups is 2. The molecule has 0 spiro atoms. The van der Waals surface area contributed by atoms with Crippen LogP contribution in [0, 0.1) is 11.3 Å². The Hall–Kier alpha value is -2.45. The van der Waals surface area contributed by atoms with Gasteiger partial charge in [-0.2, -0.15) is 0 Å². The van der Waals surface area contributed by atoms with Gasteiger partial charge in [-0.15, -0.1) is 0 Å². The Morgan fingerprint density at radius 2 is 2.06 bits per heavy atom. The quantitative estimate of drug-likeness (QED) is 0.511. The first-order valence-electron chi connectivity index (χ1n) is 11.6. The summed E-state index contributed by atoms with van der Waals surface area (Å²) < 4.78 is 6.99. The Kier molecular flexibility index (Phi) is 6.81. The van der Waals surface area contributed by atoms with Crippen molar-refractivity contribution in [1.29, 1.82) is 0 Å². The van der Waals surface area contributed by atoms with Crippen molar-refractivity contribution in [3.8, 4) is 0 Å². The van der Waals surface area contributed by atoms with Crippen LogP contribution in [-0.2, 0) is 14.3 Å². The second-order valence-electron chi connectivity index (χ2n) is 9.62. The van der Waals surface area contributed by atoms with E-state index in [1.165, 1.54) is 19.3 Å². The van der Waals surface area contributed by atoms with Gasteiger partial charge in [0.05, 0.1) is 12.3 Å². The summed E-state index contributed by atoms with van der Waals surface area (Å²) in [6, 6.07) is 5.29. The lowest BCUT2D eigenvalue weighted by Gasteiger charge is -2.62. The number of ether oxygens (including phenoxy) is 1. The van der Waals surface area contributed by atoms with Crippen molar-refractivity contribution in [3.05, 3.63) is 36.3 Å². The molecule has 2 aromatic heterocycles. The van der Waals surface area contributed by atoms with E-state index in [-0.39, 0.29) is 11.8 Å². The first-order chi connectivity index (χ1) is 15.4. The fourth-order valence-electron chi connectivity index (χ4n) is 5.16. The first kappa shape index (κ1) is 22.7. The van der Waals surface area contributed by atoms with E-state index in [1.807, 2.05) is 58.9 Å². The molecule has 0 saturated heterocycles. The normalized spacial score (nSPS) is 22.3. The molecule has 2 heterocycles. The number of rotatable bonds is 12.